The summed E-state index contributed by atoms with van der Waals surface area (Å²) in [5.74, 6) is -0.324. The fourth-order valence-electron chi connectivity index (χ4n) is 4.00. The number of amidine groups is 2. The van der Waals surface area contributed by atoms with Crippen LogP contribution in [0.1, 0.15) is 29.5 Å². The zero-order chi connectivity index (χ0) is 25.1. The third-order valence-corrected chi connectivity index (χ3v) is 6.90. The minimum atomic E-state index is -0.720. The van der Waals surface area contributed by atoms with Gasteiger partial charge in [0, 0.05) is 24.3 Å². The van der Waals surface area contributed by atoms with Crippen molar-refractivity contribution in [1.29, 1.82) is 0 Å². The topological polar surface area (TPSA) is 74.1 Å². The van der Waals surface area contributed by atoms with Crippen LogP contribution in [0.3, 0.4) is 0 Å². The molecule has 3 aromatic carbocycles. The van der Waals surface area contributed by atoms with Gasteiger partial charge in [-0.15, -0.1) is 0 Å². The summed E-state index contributed by atoms with van der Waals surface area (Å²) in [7, 11) is 0. The molecule has 1 N–H and O–H groups in total. The molecule has 2 aliphatic rings. The molecule has 5 rings (SSSR count). The summed E-state index contributed by atoms with van der Waals surface area (Å²) < 4.78 is 27.2. The summed E-state index contributed by atoms with van der Waals surface area (Å²) in [6, 6.07) is 19.1. The molecular weight excluding hydrogens is 482 g/mol. The quantitative estimate of drug-likeness (QED) is 0.495. The number of hydrogen-bond acceptors (Lipinski definition) is 5. The van der Waals surface area contributed by atoms with Gasteiger partial charge >= 0.3 is 0 Å². The van der Waals surface area contributed by atoms with Gasteiger partial charge in [-0.1, -0.05) is 54.2 Å². The van der Waals surface area contributed by atoms with Crippen molar-refractivity contribution in [1.82, 2.24) is 10.2 Å². The standard InChI is InChI=1S/C27H22F2N4O2S/c28-19-11-9-17(10-12-19)15-30-24(34)14-13-23-26(35)33-25(31-23)20-6-2-4-8-22(20)32-27(33)36-16-18-5-1-3-7-21(18)29/h1-12,23H,13-16H2,(H,30,34)/t23-/m0/s1. The molecule has 1 atom stereocenters. The fraction of sp³-hybridized carbons (Fsp3) is 0.185. The molecule has 0 saturated heterocycles. The summed E-state index contributed by atoms with van der Waals surface area (Å²) in [6.07, 6.45) is 0.347. The highest BCUT2D eigenvalue weighted by Gasteiger charge is 2.41. The van der Waals surface area contributed by atoms with E-state index >= 15 is 0 Å². The molecule has 182 valence electrons. The van der Waals surface area contributed by atoms with Crippen LogP contribution in [0.15, 0.2) is 82.8 Å². The lowest BCUT2D eigenvalue weighted by atomic mass is 10.1. The molecule has 9 heteroatoms. The average Bonchev–Trinajstić information content (AvgIpc) is 3.23. The number of aliphatic imine (C=N–C) groups is 2. The van der Waals surface area contributed by atoms with E-state index in [1.165, 1.54) is 34.9 Å². The normalized spacial score (nSPS) is 16.2. The summed E-state index contributed by atoms with van der Waals surface area (Å²) in [4.78, 5) is 36.5. The van der Waals surface area contributed by atoms with Crippen LogP contribution >= 0.6 is 11.8 Å². The van der Waals surface area contributed by atoms with Crippen molar-refractivity contribution < 1.29 is 18.4 Å². The lowest BCUT2D eigenvalue weighted by molar-refractivity contribution is -0.125. The van der Waals surface area contributed by atoms with Gasteiger partial charge in [-0.25, -0.2) is 18.7 Å². The van der Waals surface area contributed by atoms with Crippen LogP contribution in [-0.4, -0.2) is 33.8 Å². The van der Waals surface area contributed by atoms with Gasteiger partial charge in [0.2, 0.25) is 5.91 Å². The Kier molecular flexibility index (Phi) is 6.90. The van der Waals surface area contributed by atoms with Crippen LogP contribution in [0.4, 0.5) is 14.5 Å². The first-order valence-corrected chi connectivity index (χ1v) is 12.5. The van der Waals surface area contributed by atoms with E-state index in [9.17, 15) is 18.4 Å². The Bertz CT molecular complexity index is 1370. The molecule has 0 aliphatic carbocycles. The maximum Gasteiger partial charge on any atom is 0.259 e. The molecule has 0 fully saturated rings. The molecule has 2 amide bonds. The summed E-state index contributed by atoms with van der Waals surface area (Å²) in [5.41, 5.74) is 2.73. The number of thioether (sulfide) groups is 1. The van der Waals surface area contributed by atoms with Gasteiger partial charge in [0.15, 0.2) is 5.17 Å². The van der Waals surface area contributed by atoms with Crippen LogP contribution in [0.5, 0.6) is 0 Å². The average molecular weight is 505 g/mol. The highest BCUT2D eigenvalue weighted by molar-refractivity contribution is 8.13. The van der Waals surface area contributed by atoms with E-state index in [1.54, 1.807) is 30.3 Å². The number of para-hydroxylation sites is 1. The van der Waals surface area contributed by atoms with Crippen LogP contribution in [-0.2, 0) is 21.9 Å². The first-order valence-electron chi connectivity index (χ1n) is 11.5. The van der Waals surface area contributed by atoms with Gasteiger partial charge in [0.05, 0.1) is 5.69 Å². The van der Waals surface area contributed by atoms with Gasteiger partial charge < -0.3 is 5.32 Å². The molecular formula is C27H22F2N4O2S. The Morgan fingerprint density at radius 1 is 1.00 bits per heavy atom. The van der Waals surface area contributed by atoms with Crippen molar-refractivity contribution in [3.05, 3.63) is 101 Å². The number of nitrogens with one attached hydrogen (secondary N) is 1. The first kappa shape index (κ1) is 23.9. The highest BCUT2D eigenvalue weighted by atomic mass is 32.2. The predicted octanol–water partition coefficient (Wildman–Crippen LogP) is 4.95. The zero-order valence-corrected chi connectivity index (χ0v) is 20.0. The Morgan fingerprint density at radius 2 is 1.75 bits per heavy atom. The second-order valence-electron chi connectivity index (χ2n) is 8.38. The summed E-state index contributed by atoms with van der Waals surface area (Å²) in [5, 5.41) is 3.22. The number of carbonyl (C=O) groups is 2. The van der Waals surface area contributed by atoms with E-state index < -0.39 is 6.04 Å². The second kappa shape index (κ2) is 10.4. The molecule has 36 heavy (non-hydrogen) atoms. The largest absolute Gasteiger partial charge is 0.352 e. The minimum absolute atomic E-state index is 0.110. The Morgan fingerprint density at radius 3 is 2.56 bits per heavy atom. The lowest BCUT2D eigenvalue weighted by Crippen LogP contribution is -2.41. The van der Waals surface area contributed by atoms with Gasteiger partial charge in [-0.2, -0.15) is 0 Å². The number of amides is 2. The van der Waals surface area contributed by atoms with Gasteiger partial charge in [-0.3, -0.25) is 14.6 Å². The number of fused-ring (bicyclic) bond motifs is 3. The van der Waals surface area contributed by atoms with E-state index in [0.29, 0.717) is 28.0 Å². The second-order valence-corrected chi connectivity index (χ2v) is 9.32. The van der Waals surface area contributed by atoms with E-state index in [4.69, 9.17) is 0 Å². The number of carbonyl (C=O) groups excluding carboxylic acids is 2. The molecule has 0 spiro atoms. The number of benzene rings is 3. The van der Waals surface area contributed by atoms with Crippen molar-refractivity contribution in [3.8, 4) is 0 Å². The van der Waals surface area contributed by atoms with Crippen LogP contribution < -0.4 is 5.32 Å². The van der Waals surface area contributed by atoms with Gasteiger partial charge in [0.1, 0.15) is 23.5 Å². The van der Waals surface area contributed by atoms with Crippen molar-refractivity contribution in [2.75, 3.05) is 0 Å². The summed E-state index contributed by atoms with van der Waals surface area (Å²) >= 11 is 1.27. The number of rotatable bonds is 7. The predicted molar refractivity (Wildman–Crippen MR) is 136 cm³/mol. The first-order chi connectivity index (χ1) is 17.5. The molecule has 2 heterocycles. The monoisotopic (exact) mass is 504 g/mol. The van der Waals surface area contributed by atoms with Crippen LogP contribution in [0.2, 0.25) is 0 Å². The van der Waals surface area contributed by atoms with E-state index in [0.717, 1.165) is 11.1 Å². The SMILES string of the molecule is O=C(CC[C@@H]1N=C2c3ccccc3N=C(SCc3ccccc3F)N2C1=O)NCc1ccc(F)cc1. The molecule has 0 radical (unpaired) electrons. The molecule has 6 nitrogen and oxygen atoms in total. The van der Waals surface area contributed by atoms with E-state index in [-0.39, 0.29) is 42.8 Å². The summed E-state index contributed by atoms with van der Waals surface area (Å²) in [6.45, 7) is 0.273. The van der Waals surface area contributed by atoms with Crippen LogP contribution in [0, 0.1) is 11.6 Å². The molecule has 0 bridgehead atoms. The minimum Gasteiger partial charge on any atom is -0.352 e. The van der Waals surface area contributed by atoms with Crippen LogP contribution in [0.25, 0.3) is 0 Å². The maximum absolute atomic E-state index is 14.1. The maximum atomic E-state index is 14.1. The third-order valence-electron chi connectivity index (χ3n) is 5.91. The molecule has 0 saturated carbocycles. The van der Waals surface area contributed by atoms with Crippen molar-refractivity contribution in [3.63, 3.8) is 0 Å². The highest BCUT2D eigenvalue weighted by Crippen LogP contribution is 2.35. The van der Waals surface area contributed by atoms with Gasteiger partial charge in [0.25, 0.3) is 5.91 Å². The van der Waals surface area contributed by atoms with E-state index in [1.807, 2.05) is 24.3 Å². The number of nitrogens with zero attached hydrogens (tertiary/aromatic N) is 3. The van der Waals surface area contributed by atoms with E-state index in [2.05, 4.69) is 15.3 Å². The third kappa shape index (κ3) is 5.06. The van der Waals surface area contributed by atoms with Crippen molar-refractivity contribution in [2.45, 2.75) is 31.2 Å². The smallest absolute Gasteiger partial charge is 0.259 e. The van der Waals surface area contributed by atoms with Crippen molar-refractivity contribution >= 4 is 40.3 Å². The van der Waals surface area contributed by atoms with Gasteiger partial charge in [-0.05, 0) is 47.9 Å². The number of halogens is 2. The fourth-order valence-corrected chi connectivity index (χ4v) is 4.99. The molecule has 3 aromatic rings. The zero-order valence-electron chi connectivity index (χ0n) is 19.2. The molecule has 0 aromatic heterocycles. The molecule has 0 unspecified atom stereocenters. The Balaban J connectivity index is 1.27. The Labute approximate surface area is 211 Å². The van der Waals surface area contributed by atoms with Crippen molar-refractivity contribution in [2.24, 2.45) is 9.98 Å². The Hall–Kier alpha value is -3.85. The number of hydrogen-bond donors (Lipinski definition) is 1. The molecule has 2 aliphatic heterocycles. The lowest BCUT2D eigenvalue weighted by Gasteiger charge is -2.25.